The minimum absolute atomic E-state index is 0.293. The Morgan fingerprint density at radius 1 is 1.15 bits per heavy atom. The van der Waals surface area contributed by atoms with Crippen molar-refractivity contribution in [3.8, 4) is 0 Å². The lowest BCUT2D eigenvalue weighted by Crippen LogP contribution is -2.36. The molecule has 7 heteroatoms. The van der Waals surface area contributed by atoms with Gasteiger partial charge in [0.1, 0.15) is 6.54 Å². The molecule has 0 saturated carbocycles. The number of carbonyl (C=O) groups excluding carboxylic acids is 3. The molecule has 1 aromatic carbocycles. The molecule has 1 saturated heterocycles. The van der Waals surface area contributed by atoms with Gasteiger partial charge in [-0.3, -0.25) is 19.3 Å². The first-order valence-corrected chi connectivity index (χ1v) is 9.71. The molecule has 0 spiro atoms. The molecule has 1 aromatic heterocycles. The quantitative estimate of drug-likeness (QED) is 0.794. The second kappa shape index (κ2) is 7.47. The SMILES string of the molecule is Cc1cc(C)cc(NC(=O)CN2C(=O)S/C(=C/c3sccc3C)C2=O)c1. The maximum Gasteiger partial charge on any atom is 0.294 e. The van der Waals surface area contributed by atoms with Gasteiger partial charge in [-0.15, -0.1) is 11.3 Å². The van der Waals surface area contributed by atoms with Crippen LogP contribution in [0.1, 0.15) is 21.6 Å². The standard InChI is InChI=1S/C19H18N2O3S2/c1-11-6-12(2)8-14(7-11)20-17(22)10-21-18(23)16(26-19(21)24)9-15-13(3)4-5-25-15/h4-9H,10H2,1-3H3,(H,20,22)/b16-9+. The molecule has 1 fully saturated rings. The smallest absolute Gasteiger partial charge is 0.294 e. The lowest BCUT2D eigenvalue weighted by atomic mass is 10.1. The highest BCUT2D eigenvalue weighted by Crippen LogP contribution is 2.33. The van der Waals surface area contributed by atoms with E-state index in [1.807, 2.05) is 50.4 Å². The number of anilines is 1. The maximum absolute atomic E-state index is 12.5. The normalized spacial score (nSPS) is 15.8. The van der Waals surface area contributed by atoms with E-state index in [-0.39, 0.29) is 6.54 Å². The van der Waals surface area contributed by atoms with Crippen molar-refractivity contribution < 1.29 is 14.4 Å². The number of nitrogens with one attached hydrogen (secondary N) is 1. The van der Waals surface area contributed by atoms with Crippen LogP contribution in [-0.4, -0.2) is 28.5 Å². The topological polar surface area (TPSA) is 66.5 Å². The number of nitrogens with zero attached hydrogens (tertiary/aromatic N) is 1. The molecule has 3 rings (SSSR count). The van der Waals surface area contributed by atoms with Gasteiger partial charge in [0.15, 0.2) is 0 Å². The van der Waals surface area contributed by atoms with Crippen molar-refractivity contribution in [2.75, 3.05) is 11.9 Å². The first kappa shape index (κ1) is 18.4. The van der Waals surface area contributed by atoms with Crippen LogP contribution in [0.3, 0.4) is 0 Å². The number of amides is 3. The summed E-state index contributed by atoms with van der Waals surface area (Å²) in [6, 6.07) is 7.65. The van der Waals surface area contributed by atoms with E-state index in [4.69, 9.17) is 0 Å². The first-order chi connectivity index (χ1) is 12.3. The van der Waals surface area contributed by atoms with Crippen LogP contribution >= 0.6 is 23.1 Å². The van der Waals surface area contributed by atoms with Crippen LogP contribution in [0.2, 0.25) is 0 Å². The molecule has 5 nitrogen and oxygen atoms in total. The fourth-order valence-electron chi connectivity index (χ4n) is 2.68. The highest BCUT2D eigenvalue weighted by molar-refractivity contribution is 8.18. The Balaban J connectivity index is 1.70. The third-order valence-corrected chi connectivity index (χ3v) is 5.72. The zero-order valence-electron chi connectivity index (χ0n) is 14.7. The summed E-state index contributed by atoms with van der Waals surface area (Å²) >= 11 is 2.38. The van der Waals surface area contributed by atoms with Crippen molar-refractivity contribution in [2.24, 2.45) is 0 Å². The van der Waals surface area contributed by atoms with Crippen molar-refractivity contribution in [1.29, 1.82) is 0 Å². The number of hydrogen-bond donors (Lipinski definition) is 1. The van der Waals surface area contributed by atoms with Gasteiger partial charge in [0, 0.05) is 10.6 Å². The Kier molecular flexibility index (Phi) is 5.29. The average Bonchev–Trinajstić information content (AvgIpc) is 3.05. The number of thioether (sulfide) groups is 1. The van der Waals surface area contributed by atoms with Crippen molar-refractivity contribution in [3.63, 3.8) is 0 Å². The predicted octanol–water partition coefficient (Wildman–Crippen LogP) is 4.35. The van der Waals surface area contributed by atoms with Gasteiger partial charge in [-0.05, 0) is 78.9 Å². The van der Waals surface area contributed by atoms with Gasteiger partial charge in [-0.2, -0.15) is 0 Å². The van der Waals surface area contributed by atoms with E-state index in [0.29, 0.717) is 10.6 Å². The van der Waals surface area contributed by atoms with E-state index in [0.717, 1.165) is 38.2 Å². The van der Waals surface area contributed by atoms with Gasteiger partial charge in [0.2, 0.25) is 5.91 Å². The first-order valence-electron chi connectivity index (χ1n) is 8.01. The fourth-order valence-corrected chi connectivity index (χ4v) is 4.43. The largest absolute Gasteiger partial charge is 0.325 e. The third kappa shape index (κ3) is 4.05. The summed E-state index contributed by atoms with van der Waals surface area (Å²) < 4.78 is 0. The zero-order valence-corrected chi connectivity index (χ0v) is 16.3. The third-order valence-electron chi connectivity index (χ3n) is 3.84. The van der Waals surface area contributed by atoms with Crippen LogP contribution in [0.4, 0.5) is 10.5 Å². The molecule has 134 valence electrons. The Morgan fingerprint density at radius 2 is 1.85 bits per heavy atom. The van der Waals surface area contributed by atoms with Crippen molar-refractivity contribution in [2.45, 2.75) is 20.8 Å². The molecule has 0 radical (unpaired) electrons. The van der Waals surface area contributed by atoms with E-state index >= 15 is 0 Å². The second-order valence-electron chi connectivity index (χ2n) is 6.16. The van der Waals surface area contributed by atoms with Gasteiger partial charge in [-0.1, -0.05) is 6.07 Å². The number of aryl methyl sites for hydroxylation is 3. The van der Waals surface area contributed by atoms with Crippen LogP contribution in [0.5, 0.6) is 0 Å². The van der Waals surface area contributed by atoms with Crippen LogP contribution in [0.25, 0.3) is 6.08 Å². The summed E-state index contributed by atoms with van der Waals surface area (Å²) in [6.07, 6.45) is 1.72. The molecule has 1 N–H and O–H groups in total. The fraction of sp³-hybridized carbons (Fsp3) is 0.211. The summed E-state index contributed by atoms with van der Waals surface area (Å²) in [7, 11) is 0. The molecule has 0 atom stereocenters. The van der Waals surface area contributed by atoms with E-state index in [9.17, 15) is 14.4 Å². The minimum Gasteiger partial charge on any atom is -0.325 e. The van der Waals surface area contributed by atoms with Crippen LogP contribution in [0, 0.1) is 20.8 Å². The molecule has 0 unspecified atom stereocenters. The number of rotatable bonds is 4. The Morgan fingerprint density at radius 3 is 2.46 bits per heavy atom. The molecule has 1 aliphatic rings. The summed E-state index contributed by atoms with van der Waals surface area (Å²) in [5, 5.41) is 4.26. The molecule has 2 aromatic rings. The van der Waals surface area contributed by atoms with Gasteiger partial charge < -0.3 is 5.32 Å². The molecule has 3 amide bonds. The van der Waals surface area contributed by atoms with Crippen LogP contribution in [0.15, 0.2) is 34.6 Å². The van der Waals surface area contributed by atoms with Gasteiger partial charge >= 0.3 is 0 Å². The van der Waals surface area contributed by atoms with Crippen LogP contribution < -0.4 is 5.32 Å². The molecule has 26 heavy (non-hydrogen) atoms. The maximum atomic E-state index is 12.5. The van der Waals surface area contributed by atoms with Gasteiger partial charge in [-0.25, -0.2) is 0 Å². The van der Waals surface area contributed by atoms with Gasteiger partial charge in [0.05, 0.1) is 4.91 Å². The molecule has 1 aliphatic heterocycles. The Hall–Kier alpha value is -2.38. The molecular weight excluding hydrogens is 368 g/mol. The van der Waals surface area contributed by atoms with Gasteiger partial charge in [0.25, 0.3) is 11.1 Å². The van der Waals surface area contributed by atoms with Crippen molar-refractivity contribution in [1.82, 2.24) is 4.90 Å². The lowest BCUT2D eigenvalue weighted by molar-refractivity contribution is -0.127. The van der Waals surface area contributed by atoms with E-state index in [1.165, 1.54) is 11.3 Å². The van der Waals surface area contributed by atoms with E-state index in [1.54, 1.807) is 6.08 Å². The zero-order chi connectivity index (χ0) is 18.8. The minimum atomic E-state index is -0.427. The number of imide groups is 1. The molecule has 0 bridgehead atoms. The number of benzene rings is 1. The number of thiophene rings is 1. The predicted molar refractivity (Wildman–Crippen MR) is 106 cm³/mol. The highest BCUT2D eigenvalue weighted by atomic mass is 32.2. The molecular formula is C19H18N2O3S2. The summed E-state index contributed by atoms with van der Waals surface area (Å²) in [4.78, 5) is 39.2. The van der Waals surface area contributed by atoms with Crippen LogP contribution in [-0.2, 0) is 9.59 Å². The summed E-state index contributed by atoms with van der Waals surface area (Å²) in [5.74, 6) is -0.825. The second-order valence-corrected chi connectivity index (χ2v) is 8.10. The summed E-state index contributed by atoms with van der Waals surface area (Å²) in [5.41, 5.74) is 3.76. The Bertz CT molecular complexity index is 910. The monoisotopic (exact) mass is 386 g/mol. The van der Waals surface area contributed by atoms with E-state index in [2.05, 4.69) is 5.32 Å². The number of carbonyl (C=O) groups is 3. The average molecular weight is 386 g/mol. The number of hydrogen-bond acceptors (Lipinski definition) is 5. The molecule has 0 aliphatic carbocycles. The molecule has 2 heterocycles. The lowest BCUT2D eigenvalue weighted by Gasteiger charge is -2.13. The highest BCUT2D eigenvalue weighted by Gasteiger charge is 2.36. The van der Waals surface area contributed by atoms with Crippen molar-refractivity contribution in [3.05, 3.63) is 56.1 Å². The van der Waals surface area contributed by atoms with E-state index < -0.39 is 17.1 Å². The van der Waals surface area contributed by atoms with Crippen molar-refractivity contribution >= 4 is 51.9 Å². The summed E-state index contributed by atoms with van der Waals surface area (Å²) in [6.45, 7) is 5.54. The Labute approximate surface area is 160 Å².